The van der Waals surface area contributed by atoms with E-state index in [0.29, 0.717) is 6.04 Å². The number of hydrogen-bond acceptors (Lipinski definition) is 2. The van der Waals surface area contributed by atoms with Crippen molar-refractivity contribution in [3.63, 3.8) is 0 Å². The van der Waals surface area contributed by atoms with Crippen LogP contribution in [-0.2, 0) is 0 Å². The Balaban J connectivity index is 1.92. The average molecular weight is 332 g/mol. The Labute approximate surface area is 148 Å². The molecule has 0 aliphatic heterocycles. The number of rotatable bonds is 3. The van der Waals surface area contributed by atoms with Crippen molar-refractivity contribution in [1.29, 1.82) is 0 Å². The standard InChI is InChI=1S/C22H24N2O/c1-15-8-10-17(11-9-15)22-23-20-14-18(16(2)25)12-13-21(20)24(22)19-6-4-3-5-7-19/h8-14,19H,3-7H2,1-2H3. The number of fused-ring (bicyclic) bond motifs is 1. The van der Waals surface area contributed by atoms with Crippen molar-refractivity contribution in [2.24, 2.45) is 0 Å². The molecule has 3 nitrogen and oxygen atoms in total. The zero-order chi connectivity index (χ0) is 17.4. The molecule has 1 aliphatic carbocycles. The van der Waals surface area contributed by atoms with Crippen molar-refractivity contribution in [1.82, 2.24) is 9.55 Å². The normalized spacial score (nSPS) is 15.6. The molecular formula is C22H24N2O. The molecule has 0 bridgehead atoms. The van der Waals surface area contributed by atoms with Gasteiger partial charge in [-0.3, -0.25) is 4.79 Å². The summed E-state index contributed by atoms with van der Waals surface area (Å²) in [6.45, 7) is 3.72. The van der Waals surface area contributed by atoms with Crippen LogP contribution in [0.1, 0.15) is 61.0 Å². The lowest BCUT2D eigenvalue weighted by atomic mass is 9.94. The summed E-state index contributed by atoms with van der Waals surface area (Å²) < 4.78 is 2.42. The molecule has 1 fully saturated rings. The molecule has 0 saturated heterocycles. The SMILES string of the molecule is CC(=O)c1ccc2c(c1)nc(-c1ccc(C)cc1)n2C1CCCCC1. The Bertz CT molecular complexity index is 915. The highest BCUT2D eigenvalue weighted by Crippen LogP contribution is 2.36. The lowest BCUT2D eigenvalue weighted by Gasteiger charge is -2.25. The molecule has 0 atom stereocenters. The van der Waals surface area contributed by atoms with Gasteiger partial charge in [-0.15, -0.1) is 0 Å². The van der Waals surface area contributed by atoms with E-state index in [0.717, 1.165) is 28.0 Å². The minimum atomic E-state index is 0.0889. The van der Waals surface area contributed by atoms with Crippen LogP contribution in [-0.4, -0.2) is 15.3 Å². The highest BCUT2D eigenvalue weighted by Gasteiger charge is 2.22. The van der Waals surface area contributed by atoms with Crippen LogP contribution in [0.4, 0.5) is 0 Å². The lowest BCUT2D eigenvalue weighted by molar-refractivity contribution is 0.101. The van der Waals surface area contributed by atoms with Crippen LogP contribution in [0.2, 0.25) is 0 Å². The first kappa shape index (κ1) is 16.1. The molecule has 1 aliphatic rings. The fourth-order valence-electron chi connectivity index (χ4n) is 3.93. The predicted molar refractivity (Wildman–Crippen MR) is 102 cm³/mol. The highest BCUT2D eigenvalue weighted by molar-refractivity contribution is 5.97. The highest BCUT2D eigenvalue weighted by atomic mass is 16.1. The molecule has 0 N–H and O–H groups in total. The minimum Gasteiger partial charge on any atom is -0.321 e. The third-order valence-electron chi connectivity index (χ3n) is 5.35. The summed E-state index contributed by atoms with van der Waals surface area (Å²) in [5.41, 5.74) is 5.21. The van der Waals surface area contributed by atoms with E-state index in [1.807, 2.05) is 12.1 Å². The topological polar surface area (TPSA) is 34.9 Å². The molecular weight excluding hydrogens is 308 g/mol. The summed E-state index contributed by atoms with van der Waals surface area (Å²) in [5, 5.41) is 0. The average Bonchev–Trinajstić information content (AvgIpc) is 3.01. The van der Waals surface area contributed by atoms with Gasteiger partial charge in [0.1, 0.15) is 5.82 Å². The van der Waals surface area contributed by atoms with E-state index in [1.54, 1.807) is 6.92 Å². The van der Waals surface area contributed by atoms with E-state index in [2.05, 4.69) is 41.8 Å². The maximum atomic E-state index is 11.8. The molecule has 0 radical (unpaired) electrons. The van der Waals surface area contributed by atoms with Crippen molar-refractivity contribution in [2.45, 2.75) is 52.0 Å². The van der Waals surface area contributed by atoms with Crippen molar-refractivity contribution in [2.75, 3.05) is 0 Å². The minimum absolute atomic E-state index is 0.0889. The quantitative estimate of drug-likeness (QED) is 0.575. The van der Waals surface area contributed by atoms with Crippen molar-refractivity contribution in [3.05, 3.63) is 53.6 Å². The third kappa shape index (κ3) is 2.99. The smallest absolute Gasteiger partial charge is 0.159 e. The van der Waals surface area contributed by atoms with Gasteiger partial charge in [0.15, 0.2) is 5.78 Å². The largest absolute Gasteiger partial charge is 0.321 e. The van der Waals surface area contributed by atoms with Crippen LogP contribution in [0.3, 0.4) is 0 Å². The fraction of sp³-hybridized carbons (Fsp3) is 0.364. The molecule has 2 aromatic carbocycles. The van der Waals surface area contributed by atoms with Crippen LogP contribution in [0.25, 0.3) is 22.4 Å². The van der Waals surface area contributed by atoms with Crippen LogP contribution in [0.5, 0.6) is 0 Å². The van der Waals surface area contributed by atoms with Crippen molar-refractivity contribution in [3.8, 4) is 11.4 Å². The van der Waals surface area contributed by atoms with Gasteiger partial charge < -0.3 is 4.57 Å². The van der Waals surface area contributed by atoms with E-state index in [-0.39, 0.29) is 5.78 Å². The summed E-state index contributed by atoms with van der Waals surface area (Å²) in [6.07, 6.45) is 6.31. The van der Waals surface area contributed by atoms with Gasteiger partial charge in [0.05, 0.1) is 11.0 Å². The zero-order valence-electron chi connectivity index (χ0n) is 15.0. The summed E-state index contributed by atoms with van der Waals surface area (Å²) in [6, 6.07) is 15.0. The molecule has 1 heterocycles. The van der Waals surface area contributed by atoms with Gasteiger partial charge in [0.2, 0.25) is 0 Å². The molecule has 128 valence electrons. The first-order valence-electron chi connectivity index (χ1n) is 9.23. The van der Waals surface area contributed by atoms with Gasteiger partial charge in [-0.1, -0.05) is 49.1 Å². The number of Topliss-reactive ketones (excluding diaryl/α,β-unsaturated/α-hetero) is 1. The second-order valence-electron chi connectivity index (χ2n) is 7.22. The van der Waals surface area contributed by atoms with Crippen LogP contribution in [0.15, 0.2) is 42.5 Å². The van der Waals surface area contributed by atoms with Crippen molar-refractivity contribution >= 4 is 16.8 Å². The van der Waals surface area contributed by atoms with Crippen LogP contribution >= 0.6 is 0 Å². The van der Waals surface area contributed by atoms with Gasteiger partial charge in [0.25, 0.3) is 0 Å². The third-order valence-corrected chi connectivity index (χ3v) is 5.35. The molecule has 0 spiro atoms. The Kier molecular flexibility index (Phi) is 4.16. The number of carbonyl (C=O) groups excluding carboxylic acids is 1. The van der Waals surface area contributed by atoms with Crippen LogP contribution < -0.4 is 0 Å². The molecule has 3 aromatic rings. The molecule has 25 heavy (non-hydrogen) atoms. The lowest BCUT2D eigenvalue weighted by Crippen LogP contribution is -2.14. The number of carbonyl (C=O) groups is 1. The predicted octanol–water partition coefficient (Wildman–Crippen LogP) is 5.72. The molecule has 4 rings (SSSR count). The van der Waals surface area contributed by atoms with Gasteiger partial charge in [-0.05, 0) is 44.9 Å². The number of aromatic nitrogens is 2. The maximum absolute atomic E-state index is 11.8. The Morgan fingerprint density at radius 1 is 1.04 bits per heavy atom. The van der Waals surface area contributed by atoms with E-state index in [9.17, 15) is 4.79 Å². The zero-order valence-corrected chi connectivity index (χ0v) is 15.0. The second-order valence-corrected chi connectivity index (χ2v) is 7.22. The van der Waals surface area contributed by atoms with Crippen LogP contribution in [0, 0.1) is 6.92 Å². The number of imidazole rings is 1. The van der Waals surface area contributed by atoms with E-state index in [1.165, 1.54) is 37.7 Å². The summed E-state index contributed by atoms with van der Waals surface area (Å²) >= 11 is 0. The van der Waals surface area contributed by atoms with Gasteiger partial charge in [0, 0.05) is 17.2 Å². The van der Waals surface area contributed by atoms with E-state index < -0.39 is 0 Å². The van der Waals surface area contributed by atoms with Gasteiger partial charge >= 0.3 is 0 Å². The molecule has 1 aromatic heterocycles. The molecule has 0 amide bonds. The molecule has 1 saturated carbocycles. The monoisotopic (exact) mass is 332 g/mol. The number of benzene rings is 2. The van der Waals surface area contributed by atoms with E-state index in [4.69, 9.17) is 4.98 Å². The summed E-state index contributed by atoms with van der Waals surface area (Å²) in [7, 11) is 0. The molecule has 0 unspecified atom stereocenters. The first-order valence-corrected chi connectivity index (χ1v) is 9.23. The van der Waals surface area contributed by atoms with Gasteiger partial charge in [-0.2, -0.15) is 0 Å². The Morgan fingerprint density at radius 2 is 1.76 bits per heavy atom. The summed E-state index contributed by atoms with van der Waals surface area (Å²) in [5.74, 6) is 1.12. The molecule has 3 heteroatoms. The number of aryl methyl sites for hydroxylation is 1. The number of hydrogen-bond donors (Lipinski definition) is 0. The fourth-order valence-corrected chi connectivity index (χ4v) is 3.93. The van der Waals surface area contributed by atoms with E-state index >= 15 is 0 Å². The maximum Gasteiger partial charge on any atom is 0.159 e. The Morgan fingerprint density at radius 3 is 2.44 bits per heavy atom. The first-order chi connectivity index (χ1) is 12.1. The van der Waals surface area contributed by atoms with Crippen molar-refractivity contribution < 1.29 is 4.79 Å². The number of nitrogens with zero attached hydrogens (tertiary/aromatic N) is 2. The summed E-state index contributed by atoms with van der Waals surface area (Å²) in [4.78, 5) is 16.7. The number of ketones is 1. The van der Waals surface area contributed by atoms with Gasteiger partial charge in [-0.25, -0.2) is 4.98 Å². The second kappa shape index (κ2) is 6.47. The Hall–Kier alpha value is -2.42.